The van der Waals surface area contributed by atoms with Crippen molar-refractivity contribution in [2.24, 2.45) is 0 Å². The van der Waals surface area contributed by atoms with E-state index in [-0.39, 0.29) is 5.69 Å². The number of hydrogen-bond donors (Lipinski definition) is 1. The van der Waals surface area contributed by atoms with Gasteiger partial charge in [0.2, 0.25) is 5.82 Å². The first kappa shape index (κ1) is 14.1. The first-order valence-corrected chi connectivity index (χ1v) is 6.27. The predicted molar refractivity (Wildman–Crippen MR) is 75.1 cm³/mol. The average Bonchev–Trinajstić information content (AvgIpc) is 2.40. The standard InChI is InChI=1S/C13H8BrFN2O3/c14-9-3-1-2-8(6-9)13(18)16-10-4-5-11(15)12(7-10)17(19)20/h1-7H,(H,16,18). The molecule has 5 nitrogen and oxygen atoms in total. The number of anilines is 1. The number of nitrogens with one attached hydrogen (secondary N) is 1. The number of carbonyl (C=O) groups excluding carboxylic acids is 1. The Morgan fingerprint density at radius 3 is 2.65 bits per heavy atom. The molecule has 2 aromatic carbocycles. The van der Waals surface area contributed by atoms with Crippen molar-refractivity contribution in [2.45, 2.75) is 0 Å². The van der Waals surface area contributed by atoms with Gasteiger partial charge in [-0.1, -0.05) is 22.0 Å². The highest BCUT2D eigenvalue weighted by Gasteiger charge is 2.15. The number of nitro groups is 1. The molecule has 1 N–H and O–H groups in total. The van der Waals surface area contributed by atoms with E-state index >= 15 is 0 Å². The summed E-state index contributed by atoms with van der Waals surface area (Å²) in [6.07, 6.45) is 0. The molecule has 0 aliphatic carbocycles. The Labute approximate surface area is 121 Å². The molecule has 0 fully saturated rings. The van der Waals surface area contributed by atoms with Crippen LogP contribution in [0.5, 0.6) is 0 Å². The predicted octanol–water partition coefficient (Wildman–Crippen LogP) is 3.75. The van der Waals surface area contributed by atoms with Crippen LogP contribution in [-0.2, 0) is 0 Å². The molecule has 0 aliphatic rings. The van der Waals surface area contributed by atoms with Gasteiger partial charge in [0.15, 0.2) is 0 Å². The highest BCUT2D eigenvalue weighted by molar-refractivity contribution is 9.10. The number of hydrogen-bond acceptors (Lipinski definition) is 3. The third kappa shape index (κ3) is 3.18. The van der Waals surface area contributed by atoms with Gasteiger partial charge in [0.25, 0.3) is 5.91 Å². The van der Waals surface area contributed by atoms with Crippen LogP contribution in [0.15, 0.2) is 46.9 Å². The normalized spacial score (nSPS) is 10.1. The fourth-order valence-electron chi connectivity index (χ4n) is 1.56. The van der Waals surface area contributed by atoms with Crippen molar-refractivity contribution in [1.29, 1.82) is 0 Å². The number of nitrogens with zero attached hydrogens (tertiary/aromatic N) is 1. The largest absolute Gasteiger partial charge is 0.322 e. The van der Waals surface area contributed by atoms with Crippen molar-refractivity contribution in [3.05, 3.63) is 68.4 Å². The van der Waals surface area contributed by atoms with Crippen LogP contribution >= 0.6 is 15.9 Å². The molecule has 0 aliphatic heterocycles. The van der Waals surface area contributed by atoms with Crippen molar-refractivity contribution < 1.29 is 14.1 Å². The molecule has 20 heavy (non-hydrogen) atoms. The average molecular weight is 339 g/mol. The lowest BCUT2D eigenvalue weighted by atomic mass is 10.2. The van der Waals surface area contributed by atoms with E-state index in [1.807, 2.05) is 0 Å². The summed E-state index contributed by atoms with van der Waals surface area (Å²) in [6, 6.07) is 9.83. The fourth-order valence-corrected chi connectivity index (χ4v) is 1.96. The zero-order valence-electron chi connectivity index (χ0n) is 9.97. The van der Waals surface area contributed by atoms with Gasteiger partial charge in [0.05, 0.1) is 4.92 Å². The van der Waals surface area contributed by atoms with Crippen LogP contribution in [-0.4, -0.2) is 10.8 Å². The molecule has 0 radical (unpaired) electrons. The molecular weight excluding hydrogens is 331 g/mol. The zero-order chi connectivity index (χ0) is 14.7. The van der Waals surface area contributed by atoms with Crippen molar-refractivity contribution in [1.82, 2.24) is 0 Å². The van der Waals surface area contributed by atoms with Gasteiger partial charge in [-0.05, 0) is 30.3 Å². The summed E-state index contributed by atoms with van der Waals surface area (Å²) in [5.41, 5.74) is -0.147. The maximum Gasteiger partial charge on any atom is 0.306 e. The lowest BCUT2D eigenvalue weighted by Gasteiger charge is -2.05. The molecule has 2 rings (SSSR count). The minimum Gasteiger partial charge on any atom is -0.322 e. The Bertz CT molecular complexity index is 691. The minimum absolute atomic E-state index is 0.156. The van der Waals surface area contributed by atoms with E-state index in [0.717, 1.165) is 16.6 Å². The lowest BCUT2D eigenvalue weighted by molar-refractivity contribution is -0.387. The van der Waals surface area contributed by atoms with Crippen LogP contribution in [0.1, 0.15) is 10.4 Å². The quantitative estimate of drug-likeness (QED) is 0.684. The highest BCUT2D eigenvalue weighted by atomic mass is 79.9. The molecule has 1 amide bonds. The molecule has 7 heteroatoms. The molecule has 102 valence electrons. The number of rotatable bonds is 3. The minimum atomic E-state index is -0.949. The Morgan fingerprint density at radius 2 is 2.00 bits per heavy atom. The Balaban J connectivity index is 2.24. The zero-order valence-corrected chi connectivity index (χ0v) is 11.6. The summed E-state index contributed by atoms with van der Waals surface area (Å²) in [7, 11) is 0. The van der Waals surface area contributed by atoms with Crippen LogP contribution in [0, 0.1) is 15.9 Å². The summed E-state index contributed by atoms with van der Waals surface area (Å²) < 4.78 is 13.9. The molecule has 0 heterocycles. The first-order chi connectivity index (χ1) is 9.47. The van der Waals surface area contributed by atoms with Gasteiger partial charge in [0.1, 0.15) is 0 Å². The van der Waals surface area contributed by atoms with E-state index in [1.165, 1.54) is 6.07 Å². The third-order valence-corrected chi connectivity index (χ3v) is 2.98. The van der Waals surface area contributed by atoms with E-state index < -0.39 is 22.3 Å². The molecule has 0 bridgehead atoms. The van der Waals surface area contributed by atoms with E-state index in [4.69, 9.17) is 0 Å². The topological polar surface area (TPSA) is 72.2 Å². The molecule has 0 unspecified atom stereocenters. The fraction of sp³-hybridized carbons (Fsp3) is 0. The molecule has 0 spiro atoms. The Hall–Kier alpha value is -2.28. The maximum atomic E-state index is 13.2. The SMILES string of the molecule is O=C(Nc1ccc(F)c([N+](=O)[O-])c1)c1cccc(Br)c1. The summed E-state index contributed by atoms with van der Waals surface area (Å²) >= 11 is 3.24. The summed E-state index contributed by atoms with van der Waals surface area (Å²) in [6.45, 7) is 0. The second kappa shape index (κ2) is 5.79. The van der Waals surface area contributed by atoms with Crippen LogP contribution in [0.4, 0.5) is 15.8 Å². The van der Waals surface area contributed by atoms with Gasteiger partial charge in [-0.15, -0.1) is 0 Å². The maximum absolute atomic E-state index is 13.2. The van der Waals surface area contributed by atoms with Gasteiger partial charge < -0.3 is 5.32 Å². The Kier molecular flexibility index (Phi) is 4.09. The number of amides is 1. The second-order valence-electron chi connectivity index (χ2n) is 3.89. The van der Waals surface area contributed by atoms with E-state index in [0.29, 0.717) is 5.56 Å². The monoisotopic (exact) mass is 338 g/mol. The number of carbonyl (C=O) groups is 1. The van der Waals surface area contributed by atoms with Crippen LogP contribution < -0.4 is 5.32 Å². The van der Waals surface area contributed by atoms with Gasteiger partial charge in [-0.25, -0.2) is 0 Å². The molecule has 0 aromatic heterocycles. The highest BCUT2D eigenvalue weighted by Crippen LogP contribution is 2.22. The van der Waals surface area contributed by atoms with E-state index in [9.17, 15) is 19.3 Å². The number of nitro benzene ring substituents is 1. The third-order valence-electron chi connectivity index (χ3n) is 2.49. The second-order valence-corrected chi connectivity index (χ2v) is 4.80. The lowest BCUT2D eigenvalue weighted by Crippen LogP contribution is -2.12. The first-order valence-electron chi connectivity index (χ1n) is 5.48. The summed E-state index contributed by atoms with van der Waals surface area (Å²) in [5.74, 6) is -1.39. The van der Waals surface area contributed by atoms with Crippen molar-refractivity contribution in [2.75, 3.05) is 5.32 Å². The summed E-state index contributed by atoms with van der Waals surface area (Å²) in [5, 5.41) is 13.1. The van der Waals surface area contributed by atoms with Crippen molar-refractivity contribution in [3.8, 4) is 0 Å². The number of halogens is 2. The van der Waals surface area contributed by atoms with Crippen LogP contribution in [0.3, 0.4) is 0 Å². The van der Waals surface area contributed by atoms with Gasteiger partial charge >= 0.3 is 5.69 Å². The smallest absolute Gasteiger partial charge is 0.306 e. The van der Waals surface area contributed by atoms with Gasteiger partial charge in [-0.2, -0.15) is 4.39 Å². The molecule has 0 atom stereocenters. The van der Waals surface area contributed by atoms with Gasteiger partial charge in [0, 0.05) is 21.8 Å². The van der Waals surface area contributed by atoms with Crippen LogP contribution in [0.2, 0.25) is 0 Å². The molecule has 2 aromatic rings. The summed E-state index contributed by atoms with van der Waals surface area (Å²) in [4.78, 5) is 21.7. The van der Waals surface area contributed by atoms with Gasteiger partial charge in [-0.3, -0.25) is 14.9 Å². The van der Waals surface area contributed by atoms with Crippen molar-refractivity contribution in [3.63, 3.8) is 0 Å². The van der Waals surface area contributed by atoms with Crippen molar-refractivity contribution >= 4 is 33.2 Å². The molecule has 0 saturated carbocycles. The molecule has 0 saturated heterocycles. The van der Waals surface area contributed by atoms with Crippen LogP contribution in [0.25, 0.3) is 0 Å². The molecular formula is C13H8BrFN2O3. The van der Waals surface area contributed by atoms with E-state index in [2.05, 4.69) is 21.2 Å². The van der Waals surface area contributed by atoms with E-state index in [1.54, 1.807) is 24.3 Å². The number of benzene rings is 2. The Morgan fingerprint density at radius 1 is 1.25 bits per heavy atom.